The van der Waals surface area contributed by atoms with Crippen molar-refractivity contribution in [3.05, 3.63) is 69.6 Å². The Kier molecular flexibility index (Phi) is 3.04. The number of para-hydroxylation sites is 1. The summed E-state index contributed by atoms with van der Waals surface area (Å²) in [5, 5.41) is 3.91. The number of hydrogen-bond donors (Lipinski definition) is 1. The number of carbonyl (C=O) groups is 1. The van der Waals surface area contributed by atoms with E-state index >= 15 is 0 Å². The first-order valence-corrected chi connectivity index (χ1v) is 7.75. The van der Waals surface area contributed by atoms with Crippen molar-refractivity contribution in [1.29, 1.82) is 0 Å². The van der Waals surface area contributed by atoms with Crippen LogP contribution >= 0.6 is 0 Å². The Morgan fingerprint density at radius 1 is 1.08 bits per heavy atom. The average molecular weight is 314 g/mol. The van der Waals surface area contributed by atoms with Gasteiger partial charge in [0, 0.05) is 22.3 Å². The summed E-state index contributed by atoms with van der Waals surface area (Å²) in [5.41, 5.74) is 2.93. The number of carbonyl (C=O) groups excluding carboxylic acids is 1. The van der Waals surface area contributed by atoms with E-state index in [4.69, 9.17) is 6.42 Å². The van der Waals surface area contributed by atoms with E-state index in [1.54, 1.807) is 16.7 Å². The van der Waals surface area contributed by atoms with Crippen molar-refractivity contribution in [3.63, 3.8) is 0 Å². The number of pyridine rings is 1. The van der Waals surface area contributed by atoms with Gasteiger partial charge in [0.1, 0.15) is 0 Å². The second-order valence-corrected chi connectivity index (χ2v) is 5.66. The highest BCUT2D eigenvalue weighted by molar-refractivity contribution is 6.25. The number of benzene rings is 2. The minimum atomic E-state index is -0.192. The molecule has 1 aliphatic heterocycles. The van der Waals surface area contributed by atoms with Crippen LogP contribution in [0.3, 0.4) is 0 Å². The van der Waals surface area contributed by atoms with Crippen LogP contribution in [0.5, 0.6) is 0 Å². The molecule has 2 heterocycles. The van der Waals surface area contributed by atoms with Crippen LogP contribution in [0.25, 0.3) is 16.5 Å². The van der Waals surface area contributed by atoms with Crippen LogP contribution in [-0.2, 0) is 6.42 Å². The monoisotopic (exact) mass is 314 g/mol. The number of amides is 1. The zero-order valence-electron chi connectivity index (χ0n) is 13.1. The third kappa shape index (κ3) is 1.76. The molecule has 3 aromatic rings. The zero-order chi connectivity index (χ0) is 16.8. The molecular weight excluding hydrogens is 300 g/mol. The van der Waals surface area contributed by atoms with E-state index in [2.05, 4.69) is 11.2 Å². The van der Waals surface area contributed by atoms with Gasteiger partial charge in [0.05, 0.1) is 16.6 Å². The van der Waals surface area contributed by atoms with E-state index in [1.165, 1.54) is 0 Å². The number of anilines is 1. The summed E-state index contributed by atoms with van der Waals surface area (Å²) in [6.45, 7) is 1.94. The maximum absolute atomic E-state index is 13.3. The summed E-state index contributed by atoms with van der Waals surface area (Å²) < 4.78 is 1.60. The molecule has 0 atom stereocenters. The molecule has 1 aromatic heterocycles. The smallest absolute Gasteiger partial charge is 0.264 e. The van der Waals surface area contributed by atoms with E-state index in [0.717, 1.165) is 5.69 Å². The first-order chi connectivity index (χ1) is 11.7. The summed E-state index contributed by atoms with van der Waals surface area (Å²) in [5.74, 6) is 2.38. The van der Waals surface area contributed by atoms with Crippen molar-refractivity contribution in [1.82, 2.24) is 4.57 Å². The molecule has 2 aromatic carbocycles. The van der Waals surface area contributed by atoms with Gasteiger partial charge in [-0.05, 0) is 30.7 Å². The van der Waals surface area contributed by atoms with Crippen LogP contribution in [0.15, 0.2) is 47.3 Å². The number of nitrogens with zero attached hydrogens (tertiary/aromatic N) is 1. The molecule has 0 fully saturated rings. The second kappa shape index (κ2) is 5.10. The number of terminal acetylenes is 1. The van der Waals surface area contributed by atoms with Gasteiger partial charge in [-0.15, -0.1) is 6.42 Å². The van der Waals surface area contributed by atoms with Crippen LogP contribution < -0.4 is 10.9 Å². The highest BCUT2D eigenvalue weighted by atomic mass is 16.2. The second-order valence-electron chi connectivity index (χ2n) is 5.66. The fraction of sp³-hybridized carbons (Fsp3) is 0.100. The molecular formula is C20H14N2O2. The molecule has 24 heavy (non-hydrogen) atoms. The lowest BCUT2D eigenvalue weighted by atomic mass is 9.99. The van der Waals surface area contributed by atoms with Gasteiger partial charge in [-0.3, -0.25) is 14.2 Å². The topological polar surface area (TPSA) is 51.1 Å². The van der Waals surface area contributed by atoms with E-state index in [-0.39, 0.29) is 11.5 Å². The van der Waals surface area contributed by atoms with E-state index in [0.29, 0.717) is 39.7 Å². The molecule has 4 rings (SSSR count). The molecule has 1 aliphatic rings. The van der Waals surface area contributed by atoms with Crippen LogP contribution in [0.1, 0.15) is 28.5 Å². The van der Waals surface area contributed by atoms with Crippen molar-refractivity contribution in [2.75, 3.05) is 5.32 Å². The Morgan fingerprint density at radius 3 is 2.50 bits per heavy atom. The molecule has 0 bridgehead atoms. The molecule has 4 nitrogen and oxygen atoms in total. The molecule has 1 amide bonds. The van der Waals surface area contributed by atoms with Crippen LogP contribution in [0.4, 0.5) is 5.69 Å². The number of hydrogen-bond acceptors (Lipinski definition) is 2. The maximum atomic E-state index is 13.3. The molecule has 0 aliphatic carbocycles. The third-order valence-electron chi connectivity index (χ3n) is 4.41. The van der Waals surface area contributed by atoms with Gasteiger partial charge in [0.2, 0.25) is 0 Å². The Bertz CT molecular complexity index is 1100. The molecule has 4 heteroatoms. The Labute approximate surface area is 138 Å². The zero-order valence-corrected chi connectivity index (χ0v) is 13.1. The first kappa shape index (κ1) is 14.3. The lowest BCUT2D eigenvalue weighted by Gasteiger charge is -2.16. The standard InChI is InChI=1S/C20H14N2O2/c1-3-12-10-11-14-17-16(12)20(24)22(13-8-6-5-7-9-13)15(4-2)18(17)19(23)21-14/h1,5-11H,4H2,2H3,(H,21,23). The highest BCUT2D eigenvalue weighted by Gasteiger charge is 2.29. The fourth-order valence-electron chi connectivity index (χ4n) is 3.41. The fourth-order valence-corrected chi connectivity index (χ4v) is 3.41. The van der Waals surface area contributed by atoms with E-state index in [1.807, 2.05) is 37.3 Å². The van der Waals surface area contributed by atoms with Crippen molar-refractivity contribution in [2.45, 2.75) is 13.3 Å². The predicted molar refractivity (Wildman–Crippen MR) is 94.8 cm³/mol. The SMILES string of the molecule is C#Cc1ccc2c3c(c(CC)n(-c4ccccc4)c(=O)c13)C(=O)N2. The average Bonchev–Trinajstić information content (AvgIpc) is 2.95. The van der Waals surface area contributed by atoms with Gasteiger partial charge in [0.15, 0.2) is 0 Å². The first-order valence-electron chi connectivity index (χ1n) is 7.75. The summed E-state index contributed by atoms with van der Waals surface area (Å²) in [4.78, 5) is 25.8. The Morgan fingerprint density at radius 2 is 1.83 bits per heavy atom. The summed E-state index contributed by atoms with van der Waals surface area (Å²) in [6.07, 6.45) is 6.15. The van der Waals surface area contributed by atoms with E-state index in [9.17, 15) is 9.59 Å². The normalized spacial score (nSPS) is 12.2. The van der Waals surface area contributed by atoms with Crippen molar-refractivity contribution in [2.24, 2.45) is 0 Å². The van der Waals surface area contributed by atoms with Gasteiger partial charge in [-0.1, -0.05) is 31.0 Å². The minimum Gasteiger partial charge on any atom is -0.321 e. The van der Waals surface area contributed by atoms with Gasteiger partial charge in [-0.2, -0.15) is 0 Å². The quantitative estimate of drug-likeness (QED) is 0.739. The van der Waals surface area contributed by atoms with Crippen LogP contribution in [0.2, 0.25) is 0 Å². The van der Waals surface area contributed by atoms with Crippen molar-refractivity contribution >= 4 is 22.4 Å². The van der Waals surface area contributed by atoms with Crippen molar-refractivity contribution < 1.29 is 4.79 Å². The molecule has 0 saturated heterocycles. The maximum Gasteiger partial charge on any atom is 0.264 e. The van der Waals surface area contributed by atoms with Crippen LogP contribution in [-0.4, -0.2) is 10.5 Å². The van der Waals surface area contributed by atoms with Gasteiger partial charge >= 0.3 is 0 Å². The summed E-state index contributed by atoms with van der Waals surface area (Å²) in [7, 11) is 0. The van der Waals surface area contributed by atoms with E-state index < -0.39 is 0 Å². The molecule has 1 N–H and O–H groups in total. The molecule has 116 valence electrons. The minimum absolute atomic E-state index is 0.189. The number of rotatable bonds is 2. The highest BCUT2D eigenvalue weighted by Crippen LogP contribution is 2.35. The van der Waals surface area contributed by atoms with Crippen LogP contribution in [0, 0.1) is 12.3 Å². The molecule has 0 spiro atoms. The Hall–Kier alpha value is -3.32. The van der Waals surface area contributed by atoms with Gasteiger partial charge in [-0.25, -0.2) is 0 Å². The van der Waals surface area contributed by atoms with Gasteiger partial charge in [0.25, 0.3) is 11.5 Å². The molecule has 0 unspecified atom stereocenters. The lowest BCUT2D eigenvalue weighted by molar-refractivity contribution is 0.103. The molecule has 0 radical (unpaired) electrons. The summed E-state index contributed by atoms with van der Waals surface area (Å²) in [6, 6.07) is 12.8. The number of aromatic nitrogens is 1. The largest absolute Gasteiger partial charge is 0.321 e. The third-order valence-corrected chi connectivity index (χ3v) is 4.41. The molecule has 0 saturated carbocycles. The Balaban J connectivity index is 2.29. The van der Waals surface area contributed by atoms with Gasteiger partial charge < -0.3 is 5.32 Å². The lowest BCUT2D eigenvalue weighted by Crippen LogP contribution is -2.25. The summed E-state index contributed by atoms with van der Waals surface area (Å²) >= 11 is 0. The predicted octanol–water partition coefficient (Wildman–Crippen LogP) is 3.10. The van der Waals surface area contributed by atoms with Crippen molar-refractivity contribution in [3.8, 4) is 18.0 Å². The number of nitrogens with one attached hydrogen (secondary N) is 1.